The van der Waals surface area contributed by atoms with Gasteiger partial charge in [0.25, 0.3) is 0 Å². The molecule has 0 atom stereocenters. The summed E-state index contributed by atoms with van der Waals surface area (Å²) in [4.78, 5) is 15.0. The summed E-state index contributed by atoms with van der Waals surface area (Å²) in [5, 5.41) is 16.5. The number of aromatic nitrogens is 3. The van der Waals surface area contributed by atoms with Crippen LogP contribution in [0.15, 0.2) is 12.3 Å². The van der Waals surface area contributed by atoms with Crippen LogP contribution in [-0.2, 0) is 0 Å². The largest absolute Gasteiger partial charge is 0.477 e. The lowest BCUT2D eigenvalue weighted by Gasteiger charge is -2.07. The van der Waals surface area contributed by atoms with E-state index < -0.39 is 5.97 Å². The molecule has 1 saturated carbocycles. The third-order valence-corrected chi connectivity index (χ3v) is 2.79. The Morgan fingerprint density at radius 2 is 2.35 bits per heavy atom. The fourth-order valence-corrected chi connectivity index (χ4v) is 1.81. The highest BCUT2D eigenvalue weighted by Gasteiger charge is 2.23. The second kappa shape index (κ2) is 3.59. The molecule has 6 nitrogen and oxygen atoms in total. The lowest BCUT2D eigenvalue weighted by molar-refractivity contribution is 0.0699. The maximum atomic E-state index is 11.0. The number of nitrogens with zero attached hydrogens (tertiary/aromatic N) is 3. The van der Waals surface area contributed by atoms with Crippen molar-refractivity contribution in [2.24, 2.45) is 0 Å². The van der Waals surface area contributed by atoms with Gasteiger partial charge in [-0.15, -0.1) is 0 Å². The lowest BCUT2D eigenvalue weighted by atomic mass is 10.3. The first kappa shape index (κ1) is 10.3. The fourth-order valence-electron chi connectivity index (χ4n) is 1.62. The smallest absolute Gasteiger partial charge is 0.341 e. The van der Waals surface area contributed by atoms with Gasteiger partial charge in [-0.25, -0.2) is 9.78 Å². The van der Waals surface area contributed by atoms with Crippen molar-refractivity contribution in [2.45, 2.75) is 18.9 Å². The Labute approximate surface area is 101 Å². The van der Waals surface area contributed by atoms with Gasteiger partial charge < -0.3 is 10.4 Å². The minimum absolute atomic E-state index is 0.0475. The zero-order valence-corrected chi connectivity index (χ0v) is 9.48. The van der Waals surface area contributed by atoms with Crippen LogP contribution >= 0.6 is 11.6 Å². The molecular formula is C10H9ClN4O2. The molecule has 1 aliphatic carbocycles. The predicted octanol–water partition coefficient (Wildman–Crippen LogP) is 1.66. The first-order chi connectivity index (χ1) is 8.15. The van der Waals surface area contributed by atoms with Gasteiger partial charge in [-0.2, -0.15) is 9.61 Å². The molecular weight excluding hydrogens is 244 g/mol. The summed E-state index contributed by atoms with van der Waals surface area (Å²) in [7, 11) is 0. The monoisotopic (exact) mass is 252 g/mol. The average Bonchev–Trinajstić information content (AvgIpc) is 2.94. The molecule has 2 heterocycles. The van der Waals surface area contributed by atoms with Gasteiger partial charge in [0.05, 0.1) is 6.20 Å². The number of carbonyl (C=O) groups is 1. The van der Waals surface area contributed by atoms with Gasteiger partial charge in [-0.1, -0.05) is 11.6 Å². The van der Waals surface area contributed by atoms with Crippen molar-refractivity contribution in [3.63, 3.8) is 0 Å². The second-order valence-corrected chi connectivity index (χ2v) is 4.37. The summed E-state index contributed by atoms with van der Waals surface area (Å²) in [6.45, 7) is 0. The van der Waals surface area contributed by atoms with Crippen LogP contribution in [0.4, 0.5) is 5.82 Å². The number of anilines is 1. The summed E-state index contributed by atoms with van der Waals surface area (Å²) in [5.41, 5.74) is 0.305. The Morgan fingerprint density at radius 1 is 1.59 bits per heavy atom. The number of carboxylic acids is 1. The van der Waals surface area contributed by atoms with Crippen LogP contribution in [0, 0.1) is 0 Å². The molecule has 7 heteroatoms. The topological polar surface area (TPSA) is 79.5 Å². The standard InChI is InChI=1S/C10H9ClN4O2/c11-7-3-8(13-5-1-2-5)15-9(14-7)6(4-12-15)10(16)17/h3-5,13H,1-2H2,(H,16,17). The summed E-state index contributed by atoms with van der Waals surface area (Å²) in [6.07, 6.45) is 3.49. The highest BCUT2D eigenvalue weighted by molar-refractivity contribution is 6.29. The second-order valence-electron chi connectivity index (χ2n) is 3.98. The SMILES string of the molecule is O=C(O)c1cnn2c(NC3CC3)cc(Cl)nc12. The Balaban J connectivity index is 2.17. The van der Waals surface area contributed by atoms with E-state index in [-0.39, 0.29) is 16.4 Å². The van der Waals surface area contributed by atoms with Crippen LogP contribution in [0.2, 0.25) is 5.15 Å². The number of halogens is 1. The molecule has 0 radical (unpaired) electrons. The van der Waals surface area contributed by atoms with Crippen LogP contribution in [0.25, 0.3) is 5.65 Å². The van der Waals surface area contributed by atoms with E-state index in [0.717, 1.165) is 12.8 Å². The van der Waals surface area contributed by atoms with Crippen molar-refractivity contribution < 1.29 is 9.90 Å². The van der Waals surface area contributed by atoms with E-state index in [0.29, 0.717) is 11.9 Å². The Bertz CT molecular complexity index is 606. The molecule has 2 aromatic rings. The average molecular weight is 253 g/mol. The van der Waals surface area contributed by atoms with E-state index >= 15 is 0 Å². The first-order valence-corrected chi connectivity index (χ1v) is 5.57. The predicted molar refractivity (Wildman–Crippen MR) is 61.6 cm³/mol. The number of hydrogen-bond donors (Lipinski definition) is 2. The molecule has 1 fully saturated rings. The highest BCUT2D eigenvalue weighted by atomic mass is 35.5. The maximum Gasteiger partial charge on any atom is 0.341 e. The molecule has 0 amide bonds. The Kier molecular flexibility index (Phi) is 2.19. The fraction of sp³-hybridized carbons (Fsp3) is 0.300. The van der Waals surface area contributed by atoms with Gasteiger partial charge in [0.2, 0.25) is 0 Å². The number of aromatic carboxylic acids is 1. The van der Waals surface area contributed by atoms with Gasteiger partial charge in [0, 0.05) is 12.1 Å². The van der Waals surface area contributed by atoms with E-state index in [2.05, 4.69) is 15.4 Å². The van der Waals surface area contributed by atoms with Crippen LogP contribution in [0.5, 0.6) is 0 Å². The van der Waals surface area contributed by atoms with Crippen LogP contribution < -0.4 is 5.32 Å². The van der Waals surface area contributed by atoms with Gasteiger partial charge in [0.15, 0.2) is 5.65 Å². The Morgan fingerprint density at radius 3 is 3.00 bits per heavy atom. The molecule has 88 valence electrons. The first-order valence-electron chi connectivity index (χ1n) is 5.19. The zero-order chi connectivity index (χ0) is 12.0. The Hall–Kier alpha value is -1.82. The van der Waals surface area contributed by atoms with E-state index in [1.165, 1.54) is 10.7 Å². The van der Waals surface area contributed by atoms with Gasteiger partial charge in [0.1, 0.15) is 16.5 Å². The quantitative estimate of drug-likeness (QED) is 0.812. The normalized spacial score (nSPS) is 15.1. The van der Waals surface area contributed by atoms with Gasteiger partial charge in [-0.3, -0.25) is 0 Å². The zero-order valence-electron chi connectivity index (χ0n) is 8.72. The number of rotatable bonds is 3. The highest BCUT2D eigenvalue weighted by Crippen LogP contribution is 2.26. The van der Waals surface area contributed by atoms with Crippen LogP contribution in [-0.4, -0.2) is 31.7 Å². The number of carboxylic acid groups (broad SMARTS) is 1. The van der Waals surface area contributed by atoms with Crippen molar-refractivity contribution in [2.75, 3.05) is 5.32 Å². The van der Waals surface area contributed by atoms with Crippen molar-refractivity contribution in [1.29, 1.82) is 0 Å². The van der Waals surface area contributed by atoms with Crippen molar-refractivity contribution >= 4 is 29.0 Å². The third-order valence-electron chi connectivity index (χ3n) is 2.60. The van der Waals surface area contributed by atoms with Crippen molar-refractivity contribution in [1.82, 2.24) is 14.6 Å². The van der Waals surface area contributed by atoms with E-state index in [9.17, 15) is 4.79 Å². The molecule has 0 spiro atoms. The molecule has 3 rings (SSSR count). The molecule has 2 N–H and O–H groups in total. The van der Waals surface area contributed by atoms with E-state index in [1.807, 2.05) is 0 Å². The molecule has 1 aliphatic rings. The lowest BCUT2D eigenvalue weighted by Crippen LogP contribution is -2.08. The summed E-state index contributed by atoms with van der Waals surface area (Å²) >= 11 is 5.88. The molecule has 0 saturated heterocycles. The summed E-state index contributed by atoms with van der Waals surface area (Å²) < 4.78 is 1.47. The van der Waals surface area contributed by atoms with Crippen LogP contribution in [0.1, 0.15) is 23.2 Å². The molecule has 2 aromatic heterocycles. The maximum absolute atomic E-state index is 11.0. The molecule has 0 unspecified atom stereocenters. The van der Waals surface area contributed by atoms with Crippen molar-refractivity contribution in [3.05, 3.63) is 23.0 Å². The number of fused-ring (bicyclic) bond motifs is 1. The number of hydrogen-bond acceptors (Lipinski definition) is 4. The van der Waals surface area contributed by atoms with Gasteiger partial charge in [-0.05, 0) is 12.8 Å². The molecule has 0 bridgehead atoms. The van der Waals surface area contributed by atoms with E-state index in [1.54, 1.807) is 6.07 Å². The van der Waals surface area contributed by atoms with Crippen molar-refractivity contribution in [3.8, 4) is 0 Å². The summed E-state index contributed by atoms with van der Waals surface area (Å²) in [5.74, 6) is -0.387. The van der Waals surface area contributed by atoms with Gasteiger partial charge >= 0.3 is 5.97 Å². The van der Waals surface area contributed by atoms with Crippen LogP contribution in [0.3, 0.4) is 0 Å². The molecule has 17 heavy (non-hydrogen) atoms. The molecule has 0 aromatic carbocycles. The van der Waals surface area contributed by atoms with E-state index in [4.69, 9.17) is 16.7 Å². The summed E-state index contributed by atoms with van der Waals surface area (Å²) in [6, 6.07) is 2.07. The number of nitrogens with one attached hydrogen (secondary N) is 1. The minimum Gasteiger partial charge on any atom is -0.477 e. The minimum atomic E-state index is -1.06. The third kappa shape index (κ3) is 1.80. The molecule has 0 aliphatic heterocycles.